The van der Waals surface area contributed by atoms with E-state index in [1.807, 2.05) is 19.9 Å². The summed E-state index contributed by atoms with van der Waals surface area (Å²) in [6.07, 6.45) is 6.55. The third kappa shape index (κ3) is 5.04. The number of carboxylic acid groups (broad SMARTS) is 1. The molecule has 0 radical (unpaired) electrons. The maximum absolute atomic E-state index is 11.4. The van der Waals surface area contributed by atoms with E-state index in [0.717, 1.165) is 6.42 Å². The summed E-state index contributed by atoms with van der Waals surface area (Å²) in [5, 5.41) is 19.2. The fourth-order valence-corrected chi connectivity index (χ4v) is 1.52. The maximum atomic E-state index is 11.4. The van der Waals surface area contributed by atoms with Crippen LogP contribution in [0.3, 0.4) is 0 Å². The van der Waals surface area contributed by atoms with Gasteiger partial charge in [0.05, 0.1) is 11.3 Å². The molecule has 0 aliphatic rings. The number of allylic oxidation sites excluding steroid dienone is 4. The number of aliphatic carboxylic acids is 1. The molecule has 0 atom stereocenters. The summed E-state index contributed by atoms with van der Waals surface area (Å²) < 4.78 is 0. The monoisotopic (exact) mass is 265 g/mol. The van der Waals surface area contributed by atoms with Gasteiger partial charge >= 0.3 is 5.97 Å². The fourth-order valence-electron chi connectivity index (χ4n) is 1.52. The molecule has 0 aromatic rings. The third-order valence-corrected chi connectivity index (χ3v) is 2.47. The van der Waals surface area contributed by atoms with E-state index in [4.69, 9.17) is 0 Å². The van der Waals surface area contributed by atoms with Gasteiger partial charge in [0.2, 0.25) is 0 Å². The van der Waals surface area contributed by atoms with Crippen LogP contribution in [-0.2, 0) is 4.79 Å². The summed E-state index contributed by atoms with van der Waals surface area (Å²) in [5.41, 5.74) is 0.645. The maximum Gasteiger partial charge on any atom is 0.338 e. The van der Waals surface area contributed by atoms with E-state index < -0.39 is 5.97 Å². The minimum absolute atomic E-state index is 0.0110. The van der Waals surface area contributed by atoms with Gasteiger partial charge in [-0.3, -0.25) is 0 Å². The Hall–Kier alpha value is -1.97. The van der Waals surface area contributed by atoms with E-state index in [-0.39, 0.29) is 16.9 Å². The molecule has 0 saturated heterocycles. The number of carboxylic acids is 1. The van der Waals surface area contributed by atoms with Crippen LogP contribution in [0.15, 0.2) is 47.4 Å². The average molecular weight is 265 g/mol. The van der Waals surface area contributed by atoms with Crippen molar-refractivity contribution in [3.63, 3.8) is 0 Å². The summed E-state index contributed by atoms with van der Waals surface area (Å²) in [6.45, 7) is 7.51. The minimum atomic E-state index is -1.11. The van der Waals surface area contributed by atoms with E-state index in [1.165, 1.54) is 0 Å². The van der Waals surface area contributed by atoms with Crippen LogP contribution < -0.4 is 0 Å². The molecule has 0 unspecified atom stereocenters. The Balaban J connectivity index is 5.84. The molecule has 0 heterocycles. The summed E-state index contributed by atoms with van der Waals surface area (Å²) in [7, 11) is 3.51. The second kappa shape index (κ2) is 8.19. The normalized spacial score (nSPS) is 13.4. The highest BCUT2D eigenvalue weighted by Gasteiger charge is 2.20. The number of rotatable bonds is 7. The highest BCUT2D eigenvalue weighted by Crippen LogP contribution is 2.22. The van der Waals surface area contributed by atoms with Crippen LogP contribution in [0, 0.1) is 0 Å². The van der Waals surface area contributed by atoms with E-state index in [9.17, 15) is 15.0 Å². The van der Waals surface area contributed by atoms with Gasteiger partial charge in [-0.25, -0.2) is 4.79 Å². The molecule has 0 bridgehead atoms. The first kappa shape index (κ1) is 17.0. The number of likely N-dealkylation sites (N-methyl/N-ethyl adjacent to an activating group) is 1. The zero-order valence-electron chi connectivity index (χ0n) is 12.1. The SMILES string of the molecule is C=C(/C(C(=O)O)=C(\C=C/CC)N(C)C)/C(O)=C\CC. The zero-order chi connectivity index (χ0) is 15.0. The highest BCUT2D eigenvalue weighted by molar-refractivity contribution is 5.94. The molecule has 106 valence electrons. The van der Waals surface area contributed by atoms with E-state index in [0.29, 0.717) is 12.1 Å². The van der Waals surface area contributed by atoms with Gasteiger partial charge in [0.15, 0.2) is 0 Å². The Morgan fingerprint density at radius 2 is 1.79 bits per heavy atom. The number of aliphatic hydroxyl groups is 1. The smallest absolute Gasteiger partial charge is 0.338 e. The van der Waals surface area contributed by atoms with Crippen molar-refractivity contribution in [3.8, 4) is 0 Å². The van der Waals surface area contributed by atoms with Crippen molar-refractivity contribution in [2.24, 2.45) is 0 Å². The molecule has 0 aliphatic carbocycles. The molecule has 0 fully saturated rings. The van der Waals surface area contributed by atoms with Crippen LogP contribution in [0.4, 0.5) is 0 Å². The molecule has 0 rings (SSSR count). The Kier molecular flexibility index (Phi) is 7.34. The standard InChI is InChI=1S/C15H23NO3/c1-6-8-10-12(16(4)5)14(15(18)19)11(3)13(17)9-7-2/h8-10,17H,3,6-7H2,1-2,4-5H3,(H,18,19)/b10-8-,13-9+,14-12-. The fraction of sp³-hybridized carbons (Fsp3) is 0.400. The van der Waals surface area contributed by atoms with Crippen molar-refractivity contribution in [1.82, 2.24) is 4.90 Å². The van der Waals surface area contributed by atoms with Crippen LogP contribution in [0.2, 0.25) is 0 Å². The van der Waals surface area contributed by atoms with Crippen LogP contribution in [0.5, 0.6) is 0 Å². The predicted molar refractivity (Wildman–Crippen MR) is 77.9 cm³/mol. The lowest BCUT2D eigenvalue weighted by atomic mass is 10.0. The van der Waals surface area contributed by atoms with Crippen LogP contribution in [-0.4, -0.2) is 35.2 Å². The third-order valence-electron chi connectivity index (χ3n) is 2.47. The van der Waals surface area contributed by atoms with Crippen molar-refractivity contribution in [1.29, 1.82) is 0 Å². The van der Waals surface area contributed by atoms with Crippen LogP contribution >= 0.6 is 0 Å². The Morgan fingerprint density at radius 1 is 1.21 bits per heavy atom. The molecule has 2 N–H and O–H groups in total. The second-order valence-electron chi connectivity index (χ2n) is 4.25. The van der Waals surface area contributed by atoms with E-state index in [1.54, 1.807) is 31.1 Å². The first-order valence-corrected chi connectivity index (χ1v) is 6.26. The van der Waals surface area contributed by atoms with Crippen molar-refractivity contribution < 1.29 is 15.0 Å². The summed E-state index contributed by atoms with van der Waals surface area (Å²) in [5.74, 6) is -1.20. The molecule has 4 heteroatoms. The average Bonchev–Trinajstić information content (AvgIpc) is 2.33. The van der Waals surface area contributed by atoms with Gasteiger partial charge in [0.25, 0.3) is 0 Å². The number of aliphatic hydroxyl groups excluding tert-OH is 1. The Labute approximate surface area is 115 Å². The Bertz CT molecular complexity index is 429. The molecule has 0 spiro atoms. The van der Waals surface area contributed by atoms with Crippen LogP contribution in [0.1, 0.15) is 26.7 Å². The summed E-state index contributed by atoms with van der Waals surface area (Å²) >= 11 is 0. The van der Waals surface area contributed by atoms with E-state index in [2.05, 4.69) is 6.58 Å². The number of nitrogens with zero attached hydrogens (tertiary/aromatic N) is 1. The number of hydrogen-bond donors (Lipinski definition) is 2. The van der Waals surface area contributed by atoms with Crippen LogP contribution in [0.25, 0.3) is 0 Å². The van der Waals surface area contributed by atoms with Crippen molar-refractivity contribution >= 4 is 5.97 Å². The first-order valence-electron chi connectivity index (χ1n) is 6.26. The lowest BCUT2D eigenvalue weighted by Gasteiger charge is -2.18. The van der Waals surface area contributed by atoms with Gasteiger partial charge in [-0.2, -0.15) is 0 Å². The van der Waals surface area contributed by atoms with Crippen molar-refractivity contribution in [2.45, 2.75) is 26.7 Å². The molecule has 0 amide bonds. The zero-order valence-corrected chi connectivity index (χ0v) is 12.1. The van der Waals surface area contributed by atoms with Gasteiger partial charge in [-0.15, -0.1) is 0 Å². The number of carbonyl (C=O) groups is 1. The molecule has 0 aromatic heterocycles. The van der Waals surface area contributed by atoms with Gasteiger partial charge in [-0.05, 0) is 25.0 Å². The molecule has 0 saturated carbocycles. The Morgan fingerprint density at radius 3 is 2.16 bits per heavy atom. The first-order chi connectivity index (χ1) is 8.86. The second-order valence-corrected chi connectivity index (χ2v) is 4.25. The highest BCUT2D eigenvalue weighted by atomic mass is 16.4. The topological polar surface area (TPSA) is 60.8 Å². The van der Waals surface area contributed by atoms with Gasteiger partial charge in [0, 0.05) is 19.7 Å². The van der Waals surface area contributed by atoms with Crippen molar-refractivity contribution in [2.75, 3.05) is 14.1 Å². The molecule has 4 nitrogen and oxygen atoms in total. The quantitative estimate of drug-likeness (QED) is 0.421. The summed E-state index contributed by atoms with van der Waals surface area (Å²) in [6, 6.07) is 0. The van der Waals surface area contributed by atoms with Gasteiger partial charge < -0.3 is 15.1 Å². The molecular formula is C15H23NO3. The summed E-state index contributed by atoms with van der Waals surface area (Å²) in [4.78, 5) is 13.1. The lowest BCUT2D eigenvalue weighted by molar-refractivity contribution is -0.132. The molecule has 0 aromatic carbocycles. The minimum Gasteiger partial charge on any atom is -0.508 e. The molecular weight excluding hydrogens is 242 g/mol. The molecule has 19 heavy (non-hydrogen) atoms. The largest absolute Gasteiger partial charge is 0.508 e. The molecule has 0 aliphatic heterocycles. The van der Waals surface area contributed by atoms with E-state index >= 15 is 0 Å². The number of hydrogen-bond acceptors (Lipinski definition) is 3. The predicted octanol–water partition coefficient (Wildman–Crippen LogP) is 3.26. The lowest BCUT2D eigenvalue weighted by Crippen LogP contribution is -2.18. The van der Waals surface area contributed by atoms with Crippen molar-refractivity contribution in [3.05, 3.63) is 47.4 Å². The van der Waals surface area contributed by atoms with Gasteiger partial charge in [-0.1, -0.05) is 26.5 Å². The van der Waals surface area contributed by atoms with Gasteiger partial charge in [0.1, 0.15) is 5.76 Å².